The zero-order chi connectivity index (χ0) is 19.0. The van der Waals surface area contributed by atoms with Gasteiger partial charge in [0.2, 0.25) is 5.91 Å². The maximum Gasteiger partial charge on any atom is 0.243 e. The Morgan fingerprint density at radius 2 is 1.42 bits per heavy atom. The second kappa shape index (κ2) is 14.6. The maximum atomic E-state index is 11.9. The molecule has 146 valence electrons. The Kier molecular flexibility index (Phi) is 12.6. The fourth-order valence-corrected chi connectivity index (χ4v) is 3.05. The Labute approximate surface area is 161 Å². The molecule has 0 atom stereocenters. The van der Waals surface area contributed by atoms with Crippen molar-refractivity contribution in [1.29, 1.82) is 0 Å². The van der Waals surface area contributed by atoms with Crippen LogP contribution in [0.2, 0.25) is 0 Å². The molecule has 0 unspecified atom stereocenters. The molecule has 1 aromatic rings. The Hall–Kier alpha value is -1.57. The highest BCUT2D eigenvalue weighted by molar-refractivity contribution is 5.91. The Balaban J connectivity index is 2.03. The van der Waals surface area contributed by atoms with Crippen LogP contribution in [0.4, 0.5) is 0 Å². The van der Waals surface area contributed by atoms with Crippen LogP contribution in [-0.2, 0) is 4.79 Å². The molecule has 0 aromatic heterocycles. The van der Waals surface area contributed by atoms with Gasteiger partial charge in [0.05, 0.1) is 0 Å². The summed E-state index contributed by atoms with van der Waals surface area (Å²) in [5.74, 6) is 0.547. The highest BCUT2D eigenvalue weighted by Crippen LogP contribution is 2.15. The summed E-state index contributed by atoms with van der Waals surface area (Å²) in [5, 5.41) is 2.98. The van der Waals surface area contributed by atoms with E-state index in [-0.39, 0.29) is 5.91 Å². The van der Waals surface area contributed by atoms with Crippen LogP contribution < -0.4 is 5.32 Å². The monoisotopic (exact) mass is 357 g/mol. The number of hydrogen-bond donors (Lipinski definition) is 1. The second-order valence-corrected chi connectivity index (χ2v) is 7.63. The fourth-order valence-electron chi connectivity index (χ4n) is 3.05. The number of unbranched alkanes of at least 4 members (excludes halogenated alkanes) is 9. The number of amides is 1. The molecule has 2 nitrogen and oxygen atoms in total. The molecule has 0 aliphatic carbocycles. The van der Waals surface area contributed by atoms with Gasteiger partial charge in [-0.2, -0.15) is 0 Å². The number of nitrogens with one attached hydrogen (secondary N) is 1. The largest absolute Gasteiger partial charge is 0.353 e. The molecular formula is C24H39NO. The first-order valence-corrected chi connectivity index (χ1v) is 10.7. The molecule has 0 aliphatic heterocycles. The molecule has 0 saturated heterocycles. The van der Waals surface area contributed by atoms with Crippen molar-refractivity contribution >= 4 is 12.0 Å². The molecule has 0 saturated carbocycles. The Morgan fingerprint density at radius 1 is 0.885 bits per heavy atom. The summed E-state index contributed by atoms with van der Waals surface area (Å²) in [6, 6.07) is 8.40. The maximum absolute atomic E-state index is 11.9. The number of benzene rings is 1. The van der Waals surface area contributed by atoms with Gasteiger partial charge < -0.3 is 5.32 Å². The predicted octanol–water partition coefficient (Wildman–Crippen LogP) is 6.86. The van der Waals surface area contributed by atoms with Gasteiger partial charge in [-0.05, 0) is 29.5 Å². The van der Waals surface area contributed by atoms with E-state index in [0.717, 1.165) is 18.5 Å². The minimum atomic E-state index is 0.00820. The lowest BCUT2D eigenvalue weighted by Gasteiger charge is -2.05. The van der Waals surface area contributed by atoms with Crippen molar-refractivity contribution in [2.75, 3.05) is 6.54 Å². The molecule has 1 amide bonds. The average Bonchev–Trinajstić information content (AvgIpc) is 2.64. The number of carbonyl (C=O) groups is 1. The molecule has 1 aromatic carbocycles. The molecule has 1 N–H and O–H groups in total. The van der Waals surface area contributed by atoms with Gasteiger partial charge in [-0.3, -0.25) is 4.79 Å². The fraction of sp³-hybridized carbons (Fsp3) is 0.625. The molecule has 0 bridgehead atoms. The van der Waals surface area contributed by atoms with E-state index >= 15 is 0 Å². The Morgan fingerprint density at radius 3 is 1.96 bits per heavy atom. The quantitative estimate of drug-likeness (QED) is 0.286. The van der Waals surface area contributed by atoms with E-state index in [2.05, 4.69) is 50.4 Å². The summed E-state index contributed by atoms with van der Waals surface area (Å²) in [6.45, 7) is 7.42. The van der Waals surface area contributed by atoms with E-state index in [1.54, 1.807) is 6.08 Å². The SMILES string of the molecule is CCCCCCCCCCCCNC(=O)/C=C/c1ccc(C(C)C)cc1. The van der Waals surface area contributed by atoms with Gasteiger partial charge in [0, 0.05) is 12.6 Å². The number of carbonyl (C=O) groups excluding carboxylic acids is 1. The van der Waals surface area contributed by atoms with E-state index in [9.17, 15) is 4.79 Å². The van der Waals surface area contributed by atoms with Gasteiger partial charge in [0.1, 0.15) is 0 Å². The van der Waals surface area contributed by atoms with Gasteiger partial charge in [-0.1, -0.05) is 103 Å². The molecule has 0 radical (unpaired) electrons. The van der Waals surface area contributed by atoms with Crippen LogP contribution >= 0.6 is 0 Å². The molecule has 0 aliphatic rings. The van der Waals surface area contributed by atoms with Crippen LogP contribution in [0, 0.1) is 0 Å². The Bertz CT molecular complexity index is 501. The normalized spacial score (nSPS) is 11.4. The molecule has 0 fully saturated rings. The van der Waals surface area contributed by atoms with Crippen molar-refractivity contribution < 1.29 is 4.79 Å². The molecule has 26 heavy (non-hydrogen) atoms. The summed E-state index contributed by atoms with van der Waals surface area (Å²) >= 11 is 0. The van der Waals surface area contributed by atoms with Crippen molar-refractivity contribution in [3.63, 3.8) is 0 Å². The van der Waals surface area contributed by atoms with E-state index in [1.807, 2.05) is 6.08 Å². The second-order valence-electron chi connectivity index (χ2n) is 7.63. The molecule has 2 heteroatoms. The molecule has 0 spiro atoms. The van der Waals surface area contributed by atoms with Gasteiger partial charge in [0.15, 0.2) is 0 Å². The number of rotatable bonds is 14. The predicted molar refractivity (Wildman–Crippen MR) is 114 cm³/mol. The average molecular weight is 358 g/mol. The lowest BCUT2D eigenvalue weighted by Crippen LogP contribution is -2.21. The minimum Gasteiger partial charge on any atom is -0.353 e. The summed E-state index contributed by atoms with van der Waals surface area (Å²) in [6.07, 6.45) is 16.7. The third-order valence-electron chi connectivity index (χ3n) is 4.86. The van der Waals surface area contributed by atoms with Gasteiger partial charge in [0.25, 0.3) is 0 Å². The lowest BCUT2D eigenvalue weighted by atomic mass is 10.0. The van der Waals surface area contributed by atoms with Crippen molar-refractivity contribution in [3.05, 3.63) is 41.5 Å². The van der Waals surface area contributed by atoms with Crippen molar-refractivity contribution in [2.24, 2.45) is 0 Å². The zero-order valence-electron chi connectivity index (χ0n) is 17.2. The first-order valence-electron chi connectivity index (χ1n) is 10.7. The van der Waals surface area contributed by atoms with E-state index < -0.39 is 0 Å². The highest BCUT2D eigenvalue weighted by Gasteiger charge is 1.99. The van der Waals surface area contributed by atoms with Crippen LogP contribution in [0.15, 0.2) is 30.3 Å². The summed E-state index contributed by atoms with van der Waals surface area (Å²) in [5.41, 5.74) is 2.40. The van der Waals surface area contributed by atoms with E-state index in [1.165, 1.54) is 63.4 Å². The van der Waals surface area contributed by atoms with Crippen LogP contribution in [0.5, 0.6) is 0 Å². The third kappa shape index (κ3) is 11.1. The minimum absolute atomic E-state index is 0.00820. The van der Waals surface area contributed by atoms with Crippen LogP contribution in [0.3, 0.4) is 0 Å². The molecule has 0 heterocycles. The number of hydrogen-bond acceptors (Lipinski definition) is 1. The highest BCUT2D eigenvalue weighted by atomic mass is 16.1. The van der Waals surface area contributed by atoms with E-state index in [0.29, 0.717) is 5.92 Å². The van der Waals surface area contributed by atoms with Gasteiger partial charge in [-0.25, -0.2) is 0 Å². The molecular weight excluding hydrogens is 318 g/mol. The first-order chi connectivity index (χ1) is 12.6. The van der Waals surface area contributed by atoms with Crippen LogP contribution in [0.25, 0.3) is 6.08 Å². The topological polar surface area (TPSA) is 29.1 Å². The van der Waals surface area contributed by atoms with Gasteiger partial charge >= 0.3 is 0 Å². The van der Waals surface area contributed by atoms with Gasteiger partial charge in [-0.15, -0.1) is 0 Å². The van der Waals surface area contributed by atoms with E-state index in [4.69, 9.17) is 0 Å². The summed E-state index contributed by atoms with van der Waals surface area (Å²) < 4.78 is 0. The summed E-state index contributed by atoms with van der Waals surface area (Å²) in [7, 11) is 0. The lowest BCUT2D eigenvalue weighted by molar-refractivity contribution is -0.116. The smallest absolute Gasteiger partial charge is 0.243 e. The summed E-state index contributed by atoms with van der Waals surface area (Å²) in [4.78, 5) is 11.9. The van der Waals surface area contributed by atoms with Crippen molar-refractivity contribution in [2.45, 2.75) is 90.9 Å². The zero-order valence-corrected chi connectivity index (χ0v) is 17.2. The van der Waals surface area contributed by atoms with Crippen molar-refractivity contribution in [1.82, 2.24) is 5.32 Å². The standard InChI is InChI=1S/C24H39NO/c1-4-5-6-7-8-9-10-11-12-13-20-25-24(26)19-16-22-14-17-23(18-15-22)21(2)3/h14-19,21H,4-13,20H2,1-3H3,(H,25,26)/b19-16+. The third-order valence-corrected chi connectivity index (χ3v) is 4.86. The van der Waals surface area contributed by atoms with Crippen LogP contribution in [-0.4, -0.2) is 12.5 Å². The first kappa shape index (κ1) is 22.5. The molecule has 1 rings (SSSR count). The van der Waals surface area contributed by atoms with Crippen molar-refractivity contribution in [3.8, 4) is 0 Å². The van der Waals surface area contributed by atoms with Crippen LogP contribution in [0.1, 0.15) is 102 Å².